The maximum absolute atomic E-state index is 12.2. The Bertz CT molecular complexity index is 628. The highest BCUT2D eigenvalue weighted by atomic mass is 79.9. The van der Waals surface area contributed by atoms with Crippen LogP contribution in [0, 0.1) is 0 Å². The van der Waals surface area contributed by atoms with Gasteiger partial charge in [0.1, 0.15) is 11.5 Å². The summed E-state index contributed by atoms with van der Waals surface area (Å²) < 4.78 is 11.1. The first-order valence-electron chi connectivity index (χ1n) is 5.93. The van der Waals surface area contributed by atoms with Crippen molar-refractivity contribution < 1.29 is 14.3 Å². The number of carbonyl (C=O) groups is 1. The van der Waals surface area contributed by atoms with Crippen LogP contribution in [0.15, 0.2) is 46.9 Å². The minimum absolute atomic E-state index is 0.223. The molecule has 0 fully saturated rings. The minimum atomic E-state index is -0.223. The van der Waals surface area contributed by atoms with Gasteiger partial charge < -0.3 is 14.8 Å². The molecule has 0 aliphatic rings. The standard InChI is InChI=1S/C15H14BrNO3/c1-19-13-6-4-3-5-11(13)15(18)17-10-7-8-14(20-2)12(16)9-10/h3-9H,1-2H3,(H,17,18). The van der Waals surface area contributed by atoms with Gasteiger partial charge in [-0.1, -0.05) is 12.1 Å². The molecule has 0 spiro atoms. The van der Waals surface area contributed by atoms with E-state index < -0.39 is 0 Å². The van der Waals surface area contributed by atoms with Gasteiger partial charge in [-0.3, -0.25) is 4.79 Å². The van der Waals surface area contributed by atoms with Crippen molar-refractivity contribution in [1.29, 1.82) is 0 Å². The molecule has 0 radical (unpaired) electrons. The second-order valence-electron chi connectivity index (χ2n) is 4.00. The summed E-state index contributed by atoms with van der Waals surface area (Å²) in [6, 6.07) is 12.4. The van der Waals surface area contributed by atoms with E-state index in [1.807, 2.05) is 6.07 Å². The number of halogens is 1. The van der Waals surface area contributed by atoms with Gasteiger partial charge in [-0.25, -0.2) is 0 Å². The number of amides is 1. The Kier molecular flexibility index (Phi) is 4.63. The van der Waals surface area contributed by atoms with Crippen LogP contribution in [0.4, 0.5) is 5.69 Å². The highest BCUT2D eigenvalue weighted by Gasteiger charge is 2.12. The van der Waals surface area contributed by atoms with E-state index in [1.54, 1.807) is 43.5 Å². The minimum Gasteiger partial charge on any atom is -0.496 e. The topological polar surface area (TPSA) is 47.6 Å². The van der Waals surface area contributed by atoms with Gasteiger partial charge in [0.25, 0.3) is 5.91 Å². The van der Waals surface area contributed by atoms with Crippen LogP contribution < -0.4 is 14.8 Å². The third-order valence-corrected chi connectivity index (χ3v) is 3.38. The third-order valence-electron chi connectivity index (χ3n) is 2.76. The number of methoxy groups -OCH3 is 2. The number of nitrogens with one attached hydrogen (secondary N) is 1. The number of rotatable bonds is 4. The fraction of sp³-hybridized carbons (Fsp3) is 0.133. The Morgan fingerprint density at radius 3 is 2.40 bits per heavy atom. The molecule has 1 N–H and O–H groups in total. The molecule has 2 rings (SSSR count). The van der Waals surface area contributed by atoms with Crippen LogP contribution in [0.25, 0.3) is 0 Å². The van der Waals surface area contributed by atoms with E-state index in [1.165, 1.54) is 7.11 Å². The lowest BCUT2D eigenvalue weighted by Gasteiger charge is -2.10. The number of ether oxygens (including phenoxy) is 2. The van der Waals surface area contributed by atoms with Gasteiger partial charge in [-0.15, -0.1) is 0 Å². The van der Waals surface area contributed by atoms with Crippen LogP contribution >= 0.6 is 15.9 Å². The van der Waals surface area contributed by atoms with E-state index in [9.17, 15) is 4.79 Å². The van der Waals surface area contributed by atoms with Gasteiger partial charge in [0, 0.05) is 5.69 Å². The van der Waals surface area contributed by atoms with Gasteiger partial charge in [0.2, 0.25) is 0 Å². The van der Waals surface area contributed by atoms with Crippen LogP contribution in [0.5, 0.6) is 11.5 Å². The molecule has 0 aromatic heterocycles. The predicted octanol–water partition coefficient (Wildman–Crippen LogP) is 3.72. The van der Waals surface area contributed by atoms with E-state index in [0.717, 1.165) is 4.47 Å². The van der Waals surface area contributed by atoms with Crippen molar-refractivity contribution in [3.63, 3.8) is 0 Å². The zero-order valence-corrected chi connectivity index (χ0v) is 12.7. The molecule has 0 aliphatic carbocycles. The molecule has 1 amide bonds. The summed E-state index contributed by atoms with van der Waals surface area (Å²) in [7, 11) is 3.13. The normalized spacial score (nSPS) is 9.95. The lowest BCUT2D eigenvalue weighted by Crippen LogP contribution is -2.13. The van der Waals surface area contributed by atoms with Crippen molar-refractivity contribution in [3.05, 3.63) is 52.5 Å². The van der Waals surface area contributed by atoms with Gasteiger partial charge in [-0.05, 0) is 46.3 Å². The SMILES string of the molecule is COc1ccc(NC(=O)c2ccccc2OC)cc1Br. The average Bonchev–Trinajstić information content (AvgIpc) is 2.47. The summed E-state index contributed by atoms with van der Waals surface area (Å²) in [4.78, 5) is 12.2. The Morgan fingerprint density at radius 1 is 1.05 bits per heavy atom. The molecule has 0 bridgehead atoms. The molecule has 104 valence electrons. The van der Waals surface area contributed by atoms with E-state index in [-0.39, 0.29) is 5.91 Å². The Balaban J connectivity index is 2.21. The molecular weight excluding hydrogens is 322 g/mol. The smallest absolute Gasteiger partial charge is 0.259 e. The molecule has 20 heavy (non-hydrogen) atoms. The second kappa shape index (κ2) is 6.43. The van der Waals surface area contributed by atoms with Crippen molar-refractivity contribution in [2.75, 3.05) is 19.5 Å². The highest BCUT2D eigenvalue weighted by molar-refractivity contribution is 9.10. The first-order chi connectivity index (χ1) is 9.65. The van der Waals surface area contributed by atoms with Crippen LogP contribution in [0.1, 0.15) is 10.4 Å². The summed E-state index contributed by atoms with van der Waals surface area (Å²) in [5.41, 5.74) is 1.16. The van der Waals surface area contributed by atoms with Crippen LogP contribution in [0.3, 0.4) is 0 Å². The van der Waals surface area contributed by atoms with Gasteiger partial charge in [0.05, 0.1) is 24.3 Å². The van der Waals surface area contributed by atoms with Gasteiger partial charge >= 0.3 is 0 Å². The van der Waals surface area contributed by atoms with Gasteiger partial charge in [-0.2, -0.15) is 0 Å². The second-order valence-corrected chi connectivity index (χ2v) is 4.86. The molecule has 0 aliphatic heterocycles. The van der Waals surface area contributed by atoms with Crippen molar-refractivity contribution in [1.82, 2.24) is 0 Å². The number of hydrogen-bond acceptors (Lipinski definition) is 3. The molecular formula is C15H14BrNO3. The number of benzene rings is 2. The number of para-hydroxylation sites is 1. The highest BCUT2D eigenvalue weighted by Crippen LogP contribution is 2.28. The number of anilines is 1. The van der Waals surface area contributed by atoms with Crippen molar-refractivity contribution in [2.45, 2.75) is 0 Å². The Hall–Kier alpha value is -2.01. The molecule has 2 aromatic rings. The van der Waals surface area contributed by atoms with E-state index in [2.05, 4.69) is 21.2 Å². The van der Waals surface area contributed by atoms with E-state index in [4.69, 9.17) is 9.47 Å². The Labute approximate surface area is 125 Å². The summed E-state index contributed by atoms with van der Waals surface area (Å²) in [6.07, 6.45) is 0. The fourth-order valence-corrected chi connectivity index (χ4v) is 2.32. The quantitative estimate of drug-likeness (QED) is 0.926. The number of carbonyl (C=O) groups excluding carboxylic acids is 1. The maximum atomic E-state index is 12.2. The van der Waals surface area contributed by atoms with Crippen molar-refractivity contribution in [3.8, 4) is 11.5 Å². The first kappa shape index (κ1) is 14.4. The summed E-state index contributed by atoms with van der Waals surface area (Å²) >= 11 is 3.38. The largest absolute Gasteiger partial charge is 0.496 e. The molecule has 4 nitrogen and oxygen atoms in total. The monoisotopic (exact) mass is 335 g/mol. The molecule has 0 saturated heterocycles. The molecule has 0 saturated carbocycles. The molecule has 5 heteroatoms. The zero-order valence-electron chi connectivity index (χ0n) is 11.1. The average molecular weight is 336 g/mol. The molecule has 0 heterocycles. The maximum Gasteiger partial charge on any atom is 0.259 e. The lowest BCUT2D eigenvalue weighted by molar-refractivity contribution is 0.102. The fourth-order valence-electron chi connectivity index (χ4n) is 1.77. The summed E-state index contributed by atoms with van der Waals surface area (Å²) in [5, 5.41) is 2.82. The molecule has 0 atom stereocenters. The number of hydrogen-bond donors (Lipinski definition) is 1. The summed E-state index contributed by atoms with van der Waals surface area (Å²) in [5.74, 6) is 1.03. The van der Waals surface area contributed by atoms with Crippen LogP contribution in [0.2, 0.25) is 0 Å². The van der Waals surface area contributed by atoms with Crippen LogP contribution in [-0.2, 0) is 0 Å². The van der Waals surface area contributed by atoms with Crippen molar-refractivity contribution >= 4 is 27.5 Å². The van der Waals surface area contributed by atoms with Gasteiger partial charge in [0.15, 0.2) is 0 Å². The third kappa shape index (κ3) is 3.11. The van der Waals surface area contributed by atoms with Crippen molar-refractivity contribution in [2.24, 2.45) is 0 Å². The zero-order chi connectivity index (χ0) is 14.5. The summed E-state index contributed by atoms with van der Waals surface area (Å²) in [6.45, 7) is 0. The van der Waals surface area contributed by atoms with Crippen LogP contribution in [-0.4, -0.2) is 20.1 Å². The predicted molar refractivity (Wildman–Crippen MR) is 81.6 cm³/mol. The molecule has 2 aromatic carbocycles. The lowest BCUT2D eigenvalue weighted by atomic mass is 10.2. The van der Waals surface area contributed by atoms with E-state index >= 15 is 0 Å². The Morgan fingerprint density at radius 2 is 1.75 bits per heavy atom. The van der Waals surface area contributed by atoms with E-state index in [0.29, 0.717) is 22.7 Å². The first-order valence-corrected chi connectivity index (χ1v) is 6.73. The molecule has 0 unspecified atom stereocenters.